The number of hydrogen-bond donors (Lipinski definition) is 2. The Balaban J connectivity index is 1.17. The Morgan fingerprint density at radius 2 is 1.81 bits per heavy atom. The number of H-pyrrole nitrogens is 1. The summed E-state index contributed by atoms with van der Waals surface area (Å²) in [5.74, 6) is 0.923. The zero-order valence-electron chi connectivity index (χ0n) is 17.7. The van der Waals surface area contributed by atoms with E-state index in [1.165, 1.54) is 11.1 Å². The average Bonchev–Trinajstić information content (AvgIpc) is 2.82. The van der Waals surface area contributed by atoms with Gasteiger partial charge in [-0.1, -0.05) is 36.4 Å². The van der Waals surface area contributed by atoms with Crippen LogP contribution in [0, 0.1) is 0 Å². The molecule has 7 nitrogen and oxygen atoms in total. The van der Waals surface area contributed by atoms with Gasteiger partial charge in [-0.3, -0.25) is 14.5 Å². The van der Waals surface area contributed by atoms with Crippen LogP contribution in [0.1, 0.15) is 27.2 Å². The molecule has 1 atom stereocenters. The number of pyridine rings is 1. The third-order valence-corrected chi connectivity index (χ3v) is 5.88. The number of aromatic nitrogens is 1. The molecule has 1 amide bonds. The molecule has 0 saturated carbocycles. The number of hydrogen-bond acceptors (Lipinski definition) is 5. The van der Waals surface area contributed by atoms with Crippen molar-refractivity contribution >= 4 is 5.91 Å². The second kappa shape index (κ2) is 8.88. The Morgan fingerprint density at radius 1 is 1.03 bits per heavy atom. The van der Waals surface area contributed by atoms with Crippen LogP contribution in [0.25, 0.3) is 0 Å². The van der Waals surface area contributed by atoms with Crippen molar-refractivity contribution in [2.75, 3.05) is 19.7 Å². The molecule has 2 aromatic carbocycles. The summed E-state index contributed by atoms with van der Waals surface area (Å²) in [7, 11) is 0. The molecule has 32 heavy (non-hydrogen) atoms. The number of rotatable bonds is 5. The quantitative estimate of drug-likeness (QED) is 0.649. The minimum absolute atomic E-state index is 0.0925. The molecular weight excluding hydrogens is 406 g/mol. The van der Waals surface area contributed by atoms with Crippen molar-refractivity contribution in [3.05, 3.63) is 93.4 Å². The number of para-hydroxylation sites is 2. The maximum Gasteiger partial charge on any atom is 0.261 e. The van der Waals surface area contributed by atoms with Gasteiger partial charge in [0.2, 0.25) is 0 Å². The number of ether oxygens (including phenoxy) is 2. The van der Waals surface area contributed by atoms with Crippen molar-refractivity contribution in [2.45, 2.75) is 25.6 Å². The van der Waals surface area contributed by atoms with Gasteiger partial charge < -0.3 is 19.8 Å². The maximum atomic E-state index is 12.6. The zero-order valence-corrected chi connectivity index (χ0v) is 17.7. The van der Waals surface area contributed by atoms with Crippen molar-refractivity contribution in [1.82, 2.24) is 15.2 Å². The monoisotopic (exact) mass is 431 g/mol. The molecule has 1 aromatic heterocycles. The molecule has 2 aliphatic heterocycles. The Labute approximate surface area is 186 Å². The van der Waals surface area contributed by atoms with E-state index in [-0.39, 0.29) is 23.8 Å². The predicted octanol–water partition coefficient (Wildman–Crippen LogP) is 2.50. The van der Waals surface area contributed by atoms with Crippen LogP contribution in [-0.2, 0) is 19.5 Å². The van der Waals surface area contributed by atoms with E-state index in [4.69, 9.17) is 9.47 Å². The highest BCUT2D eigenvalue weighted by atomic mass is 16.6. The molecule has 0 spiro atoms. The van der Waals surface area contributed by atoms with E-state index in [1.54, 1.807) is 6.07 Å². The van der Waals surface area contributed by atoms with Gasteiger partial charge in [-0.2, -0.15) is 0 Å². The molecule has 0 bridgehead atoms. The third kappa shape index (κ3) is 4.38. The fourth-order valence-electron chi connectivity index (χ4n) is 4.18. The molecule has 3 heterocycles. The first-order valence-corrected chi connectivity index (χ1v) is 10.8. The minimum Gasteiger partial charge on any atom is -0.486 e. The fraction of sp³-hybridized carbons (Fsp3) is 0.280. The van der Waals surface area contributed by atoms with Gasteiger partial charge in [0.05, 0.1) is 6.54 Å². The van der Waals surface area contributed by atoms with Crippen molar-refractivity contribution in [3.8, 4) is 11.5 Å². The van der Waals surface area contributed by atoms with Crippen LogP contribution in [0.15, 0.2) is 65.5 Å². The van der Waals surface area contributed by atoms with Crippen LogP contribution in [0.2, 0.25) is 0 Å². The summed E-state index contributed by atoms with van der Waals surface area (Å²) in [4.78, 5) is 30.3. The molecule has 0 radical (unpaired) electrons. The normalized spacial score (nSPS) is 17.4. The lowest BCUT2D eigenvalue weighted by molar-refractivity contribution is 0.0788. The van der Waals surface area contributed by atoms with Crippen LogP contribution < -0.4 is 20.3 Å². The summed E-state index contributed by atoms with van der Waals surface area (Å²) < 4.78 is 11.5. The largest absolute Gasteiger partial charge is 0.486 e. The number of nitrogens with one attached hydrogen (secondary N) is 2. The van der Waals surface area contributed by atoms with Gasteiger partial charge in [-0.05, 0) is 41.8 Å². The van der Waals surface area contributed by atoms with Gasteiger partial charge in [0.25, 0.3) is 11.5 Å². The van der Waals surface area contributed by atoms with Crippen molar-refractivity contribution in [2.24, 2.45) is 0 Å². The highest BCUT2D eigenvalue weighted by Gasteiger charge is 2.22. The highest BCUT2D eigenvalue weighted by Crippen LogP contribution is 2.30. The van der Waals surface area contributed by atoms with Crippen LogP contribution >= 0.6 is 0 Å². The summed E-state index contributed by atoms with van der Waals surface area (Å²) in [6, 6.07) is 19.3. The maximum absolute atomic E-state index is 12.6. The lowest BCUT2D eigenvalue weighted by atomic mass is 10.00. The third-order valence-electron chi connectivity index (χ3n) is 5.88. The summed E-state index contributed by atoms with van der Waals surface area (Å²) in [6.07, 6.45) is 0.687. The predicted molar refractivity (Wildman–Crippen MR) is 120 cm³/mol. The summed E-state index contributed by atoms with van der Waals surface area (Å²) >= 11 is 0. The molecule has 2 N–H and O–H groups in total. The van der Waals surface area contributed by atoms with E-state index in [9.17, 15) is 9.59 Å². The Hall–Kier alpha value is -3.58. The van der Waals surface area contributed by atoms with Crippen LogP contribution in [-0.4, -0.2) is 41.6 Å². The smallest absolute Gasteiger partial charge is 0.261 e. The first-order valence-electron chi connectivity index (χ1n) is 10.8. The second-order valence-electron chi connectivity index (χ2n) is 8.16. The molecule has 1 unspecified atom stereocenters. The number of carbonyl (C=O) groups excluding carboxylic acids is 1. The number of nitrogens with zero attached hydrogens (tertiary/aromatic N) is 1. The first kappa shape index (κ1) is 20.3. The topological polar surface area (TPSA) is 83.7 Å². The van der Waals surface area contributed by atoms with Crippen molar-refractivity contribution < 1.29 is 14.3 Å². The standard InChI is InChI=1S/C25H25N3O4/c29-24(26-13-20-16-31-22-7-3-4-8-23(22)32-20)21-10-9-19(27-25(21)30)15-28-12-11-17-5-1-2-6-18(17)14-28/h1-10,20H,11-16H2,(H,26,29)(H,27,30). The van der Waals surface area contributed by atoms with E-state index in [2.05, 4.69) is 39.5 Å². The second-order valence-corrected chi connectivity index (χ2v) is 8.16. The van der Waals surface area contributed by atoms with E-state index in [0.717, 1.165) is 25.2 Å². The average molecular weight is 431 g/mol. The molecule has 0 saturated heterocycles. The molecule has 3 aromatic rings. The fourth-order valence-corrected chi connectivity index (χ4v) is 4.18. The molecule has 7 heteroatoms. The van der Waals surface area contributed by atoms with E-state index in [1.807, 2.05) is 30.3 Å². The highest BCUT2D eigenvalue weighted by molar-refractivity contribution is 5.93. The van der Waals surface area contributed by atoms with E-state index in [0.29, 0.717) is 24.7 Å². The van der Waals surface area contributed by atoms with E-state index >= 15 is 0 Å². The van der Waals surface area contributed by atoms with Crippen LogP contribution in [0.5, 0.6) is 11.5 Å². The summed E-state index contributed by atoms with van der Waals surface area (Å²) in [5, 5.41) is 2.78. The number of aromatic amines is 1. The van der Waals surface area contributed by atoms with Gasteiger partial charge >= 0.3 is 0 Å². The van der Waals surface area contributed by atoms with Gasteiger partial charge in [0.15, 0.2) is 11.5 Å². The van der Waals surface area contributed by atoms with Crippen molar-refractivity contribution in [3.63, 3.8) is 0 Å². The zero-order chi connectivity index (χ0) is 21.9. The van der Waals surface area contributed by atoms with Gasteiger partial charge in [0, 0.05) is 25.3 Å². The molecule has 0 aliphatic carbocycles. The SMILES string of the molecule is O=C(NCC1COc2ccccc2O1)c1ccc(CN2CCc3ccccc3C2)[nH]c1=O. The summed E-state index contributed by atoms with van der Waals surface area (Å²) in [6.45, 7) is 3.02. The van der Waals surface area contributed by atoms with Crippen molar-refractivity contribution in [1.29, 1.82) is 0 Å². The molecule has 164 valence electrons. The summed E-state index contributed by atoms with van der Waals surface area (Å²) in [5.41, 5.74) is 3.22. The number of benzene rings is 2. The molecular formula is C25H25N3O4. The lowest BCUT2D eigenvalue weighted by Gasteiger charge is -2.28. The van der Waals surface area contributed by atoms with Crippen LogP contribution in [0.3, 0.4) is 0 Å². The lowest BCUT2D eigenvalue weighted by Crippen LogP contribution is -2.42. The van der Waals surface area contributed by atoms with Gasteiger partial charge in [-0.15, -0.1) is 0 Å². The Morgan fingerprint density at radius 3 is 2.66 bits per heavy atom. The van der Waals surface area contributed by atoms with E-state index < -0.39 is 5.91 Å². The van der Waals surface area contributed by atoms with Crippen LogP contribution in [0.4, 0.5) is 0 Å². The first-order chi connectivity index (χ1) is 15.7. The number of amides is 1. The van der Waals surface area contributed by atoms with Gasteiger partial charge in [-0.25, -0.2) is 0 Å². The Kier molecular flexibility index (Phi) is 5.64. The Bertz CT molecular complexity index is 1190. The molecule has 5 rings (SSSR count). The minimum atomic E-state index is -0.424. The molecule has 0 fully saturated rings. The number of carbonyl (C=O) groups is 1. The van der Waals surface area contributed by atoms with Gasteiger partial charge in [0.1, 0.15) is 18.3 Å². The number of fused-ring (bicyclic) bond motifs is 2. The molecule has 2 aliphatic rings.